The average molecular weight is 352 g/mol. The molecule has 2 unspecified atom stereocenters. The number of amides is 1. The van der Waals surface area contributed by atoms with Crippen molar-refractivity contribution in [1.82, 2.24) is 4.90 Å². The Bertz CT molecular complexity index is 531. The molecule has 24 heavy (non-hydrogen) atoms. The third-order valence-electron chi connectivity index (χ3n) is 4.45. The fourth-order valence-corrected chi connectivity index (χ4v) is 3.66. The fourth-order valence-electron chi connectivity index (χ4n) is 3.09. The van der Waals surface area contributed by atoms with Crippen molar-refractivity contribution in [3.63, 3.8) is 0 Å². The van der Waals surface area contributed by atoms with Gasteiger partial charge in [0.05, 0.1) is 0 Å². The van der Waals surface area contributed by atoms with Crippen molar-refractivity contribution in [1.29, 1.82) is 0 Å². The summed E-state index contributed by atoms with van der Waals surface area (Å²) in [5.41, 5.74) is 0.936. The summed E-state index contributed by atoms with van der Waals surface area (Å²) >= 11 is 0. The summed E-state index contributed by atoms with van der Waals surface area (Å²) in [6.45, 7) is 1.74. The molecule has 0 radical (unpaired) electrons. The number of ether oxygens (including phenoxy) is 1. The van der Waals surface area contributed by atoms with E-state index in [1.807, 2.05) is 30.3 Å². The fraction of sp³-hybridized carbons (Fsp3) is 0.611. The molecule has 0 spiro atoms. The second-order valence-electron chi connectivity index (χ2n) is 6.39. The van der Waals surface area contributed by atoms with Crippen LogP contribution in [0.3, 0.4) is 0 Å². The lowest BCUT2D eigenvalue weighted by Gasteiger charge is -2.28. The normalized spacial score (nSPS) is 17.2. The molecule has 1 aromatic rings. The summed E-state index contributed by atoms with van der Waals surface area (Å²) in [5, 5.41) is 0. The molecular formula is C18H27NO4P+. The van der Waals surface area contributed by atoms with Crippen molar-refractivity contribution < 1.29 is 18.6 Å². The Morgan fingerprint density at radius 2 is 1.92 bits per heavy atom. The molecule has 0 heterocycles. The highest BCUT2D eigenvalue weighted by Crippen LogP contribution is 2.32. The number of hydrogen-bond acceptors (Lipinski definition) is 4. The highest BCUT2D eigenvalue weighted by Gasteiger charge is 2.31. The number of hydrogen-bond donors (Lipinski definition) is 0. The Hall–Kier alpha value is -1.45. The van der Waals surface area contributed by atoms with Gasteiger partial charge >= 0.3 is 14.1 Å². The van der Waals surface area contributed by atoms with Crippen LogP contribution in [-0.2, 0) is 20.4 Å². The number of carbonyl (C=O) groups excluding carboxylic acids is 1. The molecular weight excluding hydrogens is 325 g/mol. The van der Waals surface area contributed by atoms with E-state index >= 15 is 0 Å². The summed E-state index contributed by atoms with van der Waals surface area (Å²) in [7, 11) is -0.124. The van der Waals surface area contributed by atoms with Crippen LogP contribution in [0.2, 0.25) is 0 Å². The van der Waals surface area contributed by atoms with Crippen LogP contribution in [0.15, 0.2) is 30.3 Å². The summed E-state index contributed by atoms with van der Waals surface area (Å²) in [6.07, 6.45) is 5.78. The first-order valence-corrected chi connectivity index (χ1v) is 10.2. The molecule has 1 saturated carbocycles. The maximum atomic E-state index is 12.3. The molecule has 132 valence electrons. The first-order chi connectivity index (χ1) is 11.6. The van der Waals surface area contributed by atoms with E-state index in [1.54, 1.807) is 7.05 Å². The third-order valence-corrected chi connectivity index (χ3v) is 5.00. The van der Waals surface area contributed by atoms with Crippen molar-refractivity contribution in [3.8, 4) is 0 Å². The maximum Gasteiger partial charge on any atom is 0.506 e. The summed E-state index contributed by atoms with van der Waals surface area (Å²) < 4.78 is 22.4. The van der Waals surface area contributed by atoms with Crippen LogP contribution in [0.25, 0.3) is 0 Å². The van der Waals surface area contributed by atoms with Gasteiger partial charge in [0, 0.05) is 13.5 Å². The lowest BCUT2D eigenvalue weighted by Crippen LogP contribution is -2.39. The summed E-state index contributed by atoms with van der Waals surface area (Å²) in [4.78, 5) is 13.7. The van der Waals surface area contributed by atoms with Crippen molar-refractivity contribution in [2.45, 2.75) is 51.4 Å². The SMILES string of the molecule is CN(C(=O)OCc1ccccc1)C(CC1CCCCC1)O[P+](C)=O. The minimum atomic E-state index is -1.78. The van der Waals surface area contributed by atoms with E-state index in [9.17, 15) is 9.36 Å². The first-order valence-electron chi connectivity index (χ1n) is 8.57. The Morgan fingerprint density at radius 1 is 1.25 bits per heavy atom. The second kappa shape index (κ2) is 9.75. The largest absolute Gasteiger partial charge is 0.506 e. The topological polar surface area (TPSA) is 55.8 Å². The Morgan fingerprint density at radius 3 is 2.54 bits per heavy atom. The van der Waals surface area contributed by atoms with E-state index in [-0.39, 0.29) is 6.61 Å². The van der Waals surface area contributed by atoms with Crippen LogP contribution in [0.4, 0.5) is 4.79 Å². The molecule has 1 aliphatic rings. The Balaban J connectivity index is 1.90. The third kappa shape index (κ3) is 6.21. The van der Waals surface area contributed by atoms with Gasteiger partial charge in [0.1, 0.15) is 6.61 Å². The lowest BCUT2D eigenvalue weighted by atomic mass is 9.86. The maximum absolute atomic E-state index is 12.3. The zero-order valence-corrected chi connectivity index (χ0v) is 15.4. The molecule has 1 fully saturated rings. The minimum Gasteiger partial charge on any atom is -0.444 e. The second-order valence-corrected chi connectivity index (χ2v) is 7.48. The summed E-state index contributed by atoms with van der Waals surface area (Å²) in [6, 6.07) is 9.55. The number of rotatable bonds is 7. The molecule has 1 aromatic carbocycles. The number of benzene rings is 1. The molecule has 0 aliphatic heterocycles. The van der Waals surface area contributed by atoms with Crippen LogP contribution >= 0.6 is 8.03 Å². The molecule has 6 heteroatoms. The Kier molecular flexibility index (Phi) is 7.67. The molecule has 1 amide bonds. The monoisotopic (exact) mass is 352 g/mol. The standard InChI is InChI=1S/C18H27NO4P/c1-19(18(20)22-14-16-11-7-4-8-12-16)17(23-24(2)21)13-15-9-5-3-6-10-15/h4,7-8,11-12,15,17H,3,5-6,9-10,13-14H2,1-2H3/q+1. The van der Waals surface area contributed by atoms with Gasteiger partial charge in [-0.25, -0.2) is 4.79 Å². The minimum absolute atomic E-state index is 0.221. The zero-order valence-electron chi connectivity index (χ0n) is 14.5. The van der Waals surface area contributed by atoms with Crippen molar-refractivity contribution in [2.24, 2.45) is 5.92 Å². The average Bonchev–Trinajstić information content (AvgIpc) is 2.60. The zero-order chi connectivity index (χ0) is 17.4. The molecule has 5 nitrogen and oxygen atoms in total. The molecule has 0 bridgehead atoms. The molecule has 0 saturated heterocycles. The molecule has 2 rings (SSSR count). The lowest BCUT2D eigenvalue weighted by molar-refractivity contribution is 0.0148. The van der Waals surface area contributed by atoms with E-state index in [4.69, 9.17) is 9.26 Å². The van der Waals surface area contributed by atoms with Crippen molar-refractivity contribution >= 4 is 14.1 Å². The number of nitrogens with zero attached hydrogens (tertiary/aromatic N) is 1. The van der Waals surface area contributed by atoms with Gasteiger partial charge < -0.3 is 4.74 Å². The quantitative estimate of drug-likeness (QED) is 0.515. The highest BCUT2D eigenvalue weighted by atomic mass is 31.1. The van der Waals surface area contributed by atoms with Crippen LogP contribution in [0.1, 0.15) is 44.1 Å². The van der Waals surface area contributed by atoms with E-state index in [0.29, 0.717) is 12.3 Å². The predicted molar refractivity (Wildman–Crippen MR) is 94.0 cm³/mol. The number of carbonyl (C=O) groups is 1. The van der Waals surface area contributed by atoms with Crippen LogP contribution in [0.5, 0.6) is 0 Å². The smallest absolute Gasteiger partial charge is 0.444 e. The predicted octanol–water partition coefficient (Wildman–Crippen LogP) is 4.94. The molecule has 0 aromatic heterocycles. The van der Waals surface area contributed by atoms with Crippen molar-refractivity contribution in [2.75, 3.05) is 13.7 Å². The van der Waals surface area contributed by atoms with Gasteiger partial charge in [-0.1, -0.05) is 62.4 Å². The van der Waals surface area contributed by atoms with Gasteiger partial charge in [0.15, 0.2) is 12.9 Å². The van der Waals surface area contributed by atoms with Gasteiger partial charge in [-0.3, -0.25) is 4.90 Å². The molecule has 0 N–H and O–H groups in total. The summed E-state index contributed by atoms with van der Waals surface area (Å²) in [5.74, 6) is 0.517. The van der Waals surface area contributed by atoms with E-state index in [2.05, 4.69) is 0 Å². The van der Waals surface area contributed by atoms with Crippen LogP contribution in [-0.4, -0.2) is 30.9 Å². The molecule has 2 atom stereocenters. The van der Waals surface area contributed by atoms with Crippen molar-refractivity contribution in [3.05, 3.63) is 35.9 Å². The highest BCUT2D eigenvalue weighted by molar-refractivity contribution is 7.38. The van der Waals surface area contributed by atoms with Gasteiger partial charge in [-0.2, -0.15) is 0 Å². The van der Waals surface area contributed by atoms with Crippen LogP contribution < -0.4 is 0 Å². The van der Waals surface area contributed by atoms with E-state index < -0.39 is 20.3 Å². The van der Waals surface area contributed by atoms with E-state index in [1.165, 1.54) is 30.8 Å². The van der Waals surface area contributed by atoms with E-state index in [0.717, 1.165) is 18.4 Å². The van der Waals surface area contributed by atoms with Gasteiger partial charge in [0.25, 0.3) is 0 Å². The van der Waals surface area contributed by atoms with Gasteiger partial charge in [-0.05, 0) is 16.0 Å². The van der Waals surface area contributed by atoms with Gasteiger partial charge in [0.2, 0.25) is 0 Å². The Labute approximate surface area is 145 Å². The molecule has 1 aliphatic carbocycles. The van der Waals surface area contributed by atoms with Gasteiger partial charge in [-0.15, -0.1) is 4.52 Å². The first kappa shape index (κ1) is 18.9. The van der Waals surface area contributed by atoms with Crippen LogP contribution in [0, 0.1) is 5.92 Å².